The highest BCUT2D eigenvalue weighted by Crippen LogP contribution is 2.26. The van der Waals surface area contributed by atoms with Gasteiger partial charge >= 0.3 is 0 Å². The Kier molecular flexibility index (Phi) is 4.24. The highest BCUT2D eigenvalue weighted by molar-refractivity contribution is 7.98. The fourth-order valence-electron chi connectivity index (χ4n) is 3.15. The smallest absolute Gasteiger partial charge is 0.257 e. The largest absolute Gasteiger partial charge is 0.461 e. The van der Waals surface area contributed by atoms with Gasteiger partial charge in [-0.3, -0.25) is 4.79 Å². The highest BCUT2D eigenvalue weighted by Gasteiger charge is 2.26. The van der Waals surface area contributed by atoms with E-state index in [1.165, 1.54) is 6.42 Å². The van der Waals surface area contributed by atoms with E-state index in [4.69, 9.17) is 4.42 Å². The number of nitrogens with zero attached hydrogens (tertiary/aromatic N) is 1. The molecule has 21 heavy (non-hydrogen) atoms. The summed E-state index contributed by atoms with van der Waals surface area (Å²) in [6.07, 6.45) is 4.46. The number of carbonyl (C=O) groups is 1. The molecule has 1 atom stereocenters. The highest BCUT2D eigenvalue weighted by atomic mass is 32.2. The van der Waals surface area contributed by atoms with Gasteiger partial charge in [0, 0.05) is 18.5 Å². The number of benzene rings is 1. The number of aryl methyl sites for hydroxylation is 1. The Hall–Kier alpha value is -1.42. The van der Waals surface area contributed by atoms with Crippen molar-refractivity contribution in [2.75, 3.05) is 25.1 Å². The van der Waals surface area contributed by atoms with Crippen LogP contribution in [0.5, 0.6) is 0 Å². The molecule has 1 unspecified atom stereocenters. The molecule has 0 spiro atoms. The number of hydrogen-bond acceptors (Lipinski definition) is 3. The van der Waals surface area contributed by atoms with Crippen molar-refractivity contribution in [1.82, 2.24) is 4.90 Å². The SMILES string of the molecule is CSCC1CCCN(C(=O)c2cccc3cc(C)oc23)C1. The summed E-state index contributed by atoms with van der Waals surface area (Å²) >= 11 is 1.87. The molecule has 1 saturated heterocycles. The first-order chi connectivity index (χ1) is 10.2. The van der Waals surface area contributed by atoms with Crippen molar-refractivity contribution in [3.05, 3.63) is 35.6 Å². The van der Waals surface area contributed by atoms with E-state index in [-0.39, 0.29) is 5.91 Å². The third-order valence-electron chi connectivity index (χ3n) is 4.11. The third-order valence-corrected chi connectivity index (χ3v) is 4.91. The molecule has 0 saturated carbocycles. The van der Waals surface area contributed by atoms with E-state index < -0.39 is 0 Å². The van der Waals surface area contributed by atoms with E-state index >= 15 is 0 Å². The molecular formula is C17H21NO2S. The van der Waals surface area contributed by atoms with Crippen LogP contribution in [0.1, 0.15) is 29.0 Å². The molecule has 1 aromatic heterocycles. The molecule has 0 bridgehead atoms. The van der Waals surface area contributed by atoms with E-state index in [9.17, 15) is 4.79 Å². The number of rotatable bonds is 3. The number of piperidine rings is 1. The van der Waals surface area contributed by atoms with Gasteiger partial charge in [-0.05, 0) is 49.8 Å². The maximum atomic E-state index is 12.8. The molecule has 1 aromatic carbocycles. The molecule has 1 amide bonds. The van der Waals surface area contributed by atoms with Gasteiger partial charge in [0.05, 0.1) is 5.56 Å². The van der Waals surface area contributed by atoms with Crippen LogP contribution < -0.4 is 0 Å². The van der Waals surface area contributed by atoms with Crippen LogP contribution in [0.25, 0.3) is 11.0 Å². The Morgan fingerprint density at radius 2 is 2.33 bits per heavy atom. The molecule has 0 N–H and O–H groups in total. The Bertz CT molecular complexity index is 647. The van der Waals surface area contributed by atoms with Crippen molar-refractivity contribution in [2.24, 2.45) is 5.92 Å². The number of amides is 1. The van der Waals surface area contributed by atoms with Crippen molar-refractivity contribution in [2.45, 2.75) is 19.8 Å². The topological polar surface area (TPSA) is 33.5 Å². The average Bonchev–Trinajstić information content (AvgIpc) is 2.87. The number of thioether (sulfide) groups is 1. The summed E-state index contributed by atoms with van der Waals surface area (Å²) in [5, 5.41) is 1.01. The molecule has 3 rings (SSSR count). The predicted octanol–water partition coefficient (Wildman–Crippen LogP) is 3.96. The zero-order valence-electron chi connectivity index (χ0n) is 12.6. The monoisotopic (exact) mass is 303 g/mol. The number of para-hydroxylation sites is 1. The summed E-state index contributed by atoms with van der Waals surface area (Å²) < 4.78 is 5.73. The molecule has 1 fully saturated rings. The minimum Gasteiger partial charge on any atom is -0.461 e. The standard InChI is InChI=1S/C17H21NO2S/c1-12-9-14-6-3-7-15(16(14)20-12)17(19)18-8-4-5-13(10-18)11-21-2/h3,6-7,9,13H,4-5,8,10-11H2,1-2H3. The second-order valence-electron chi connectivity index (χ2n) is 5.80. The summed E-state index contributed by atoms with van der Waals surface area (Å²) in [5.74, 6) is 2.72. The lowest BCUT2D eigenvalue weighted by atomic mass is 9.99. The van der Waals surface area contributed by atoms with E-state index in [0.717, 1.165) is 42.0 Å². The van der Waals surface area contributed by atoms with Crippen LogP contribution in [0.2, 0.25) is 0 Å². The summed E-state index contributed by atoms with van der Waals surface area (Å²) in [5.41, 5.74) is 1.43. The van der Waals surface area contributed by atoms with Gasteiger partial charge in [0.2, 0.25) is 0 Å². The zero-order valence-corrected chi connectivity index (χ0v) is 13.4. The summed E-state index contributed by atoms with van der Waals surface area (Å²) in [6.45, 7) is 3.65. The van der Waals surface area contributed by atoms with E-state index in [1.54, 1.807) is 0 Å². The van der Waals surface area contributed by atoms with Crippen LogP contribution in [-0.4, -0.2) is 35.9 Å². The van der Waals surface area contributed by atoms with Crippen LogP contribution in [0.3, 0.4) is 0 Å². The number of furan rings is 1. The third kappa shape index (κ3) is 2.95. The van der Waals surface area contributed by atoms with Gasteiger partial charge in [0.1, 0.15) is 11.3 Å². The fourth-order valence-corrected chi connectivity index (χ4v) is 3.90. The van der Waals surface area contributed by atoms with E-state index in [0.29, 0.717) is 11.5 Å². The maximum absolute atomic E-state index is 12.8. The van der Waals surface area contributed by atoms with Crippen molar-refractivity contribution in [3.8, 4) is 0 Å². The Balaban J connectivity index is 1.86. The van der Waals surface area contributed by atoms with Gasteiger partial charge in [0.25, 0.3) is 5.91 Å². The lowest BCUT2D eigenvalue weighted by Crippen LogP contribution is -2.40. The van der Waals surface area contributed by atoms with Crippen molar-refractivity contribution in [3.63, 3.8) is 0 Å². The van der Waals surface area contributed by atoms with Crippen LogP contribution in [0.4, 0.5) is 0 Å². The van der Waals surface area contributed by atoms with Gasteiger partial charge in [-0.25, -0.2) is 0 Å². The molecule has 3 nitrogen and oxygen atoms in total. The molecule has 0 radical (unpaired) electrons. The lowest BCUT2D eigenvalue weighted by Gasteiger charge is -2.32. The molecule has 112 valence electrons. The first-order valence-electron chi connectivity index (χ1n) is 7.46. The molecule has 2 heterocycles. The normalized spacial score (nSPS) is 19.1. The lowest BCUT2D eigenvalue weighted by molar-refractivity contribution is 0.0686. The molecule has 1 aliphatic rings. The molecule has 2 aromatic rings. The maximum Gasteiger partial charge on any atom is 0.257 e. The van der Waals surface area contributed by atoms with Crippen LogP contribution in [-0.2, 0) is 0 Å². The Morgan fingerprint density at radius 3 is 3.14 bits per heavy atom. The van der Waals surface area contributed by atoms with E-state index in [1.807, 2.05) is 47.9 Å². The second kappa shape index (κ2) is 6.14. The summed E-state index contributed by atoms with van der Waals surface area (Å²) in [7, 11) is 0. The van der Waals surface area contributed by atoms with Crippen molar-refractivity contribution in [1.29, 1.82) is 0 Å². The number of hydrogen-bond donors (Lipinski definition) is 0. The molecule has 1 aliphatic heterocycles. The molecular weight excluding hydrogens is 282 g/mol. The number of fused-ring (bicyclic) bond motifs is 1. The zero-order chi connectivity index (χ0) is 14.8. The van der Waals surface area contributed by atoms with Gasteiger partial charge in [0.15, 0.2) is 0 Å². The van der Waals surface area contributed by atoms with Crippen LogP contribution >= 0.6 is 11.8 Å². The minimum atomic E-state index is 0.112. The van der Waals surface area contributed by atoms with Crippen molar-refractivity contribution < 1.29 is 9.21 Å². The van der Waals surface area contributed by atoms with Crippen molar-refractivity contribution >= 4 is 28.6 Å². The van der Waals surface area contributed by atoms with Crippen LogP contribution in [0, 0.1) is 12.8 Å². The summed E-state index contributed by atoms with van der Waals surface area (Å²) in [4.78, 5) is 14.8. The van der Waals surface area contributed by atoms with Gasteiger partial charge in [-0.1, -0.05) is 12.1 Å². The Labute approximate surface area is 129 Å². The van der Waals surface area contributed by atoms with Gasteiger partial charge in [-0.2, -0.15) is 11.8 Å². The first-order valence-corrected chi connectivity index (χ1v) is 8.86. The van der Waals surface area contributed by atoms with Crippen LogP contribution in [0.15, 0.2) is 28.7 Å². The first kappa shape index (κ1) is 14.5. The fraction of sp³-hybridized carbons (Fsp3) is 0.471. The van der Waals surface area contributed by atoms with Gasteiger partial charge in [-0.15, -0.1) is 0 Å². The van der Waals surface area contributed by atoms with E-state index in [2.05, 4.69) is 6.26 Å². The quantitative estimate of drug-likeness (QED) is 0.860. The average molecular weight is 303 g/mol. The minimum absolute atomic E-state index is 0.112. The number of likely N-dealkylation sites (tertiary alicyclic amines) is 1. The predicted molar refractivity (Wildman–Crippen MR) is 88.0 cm³/mol. The van der Waals surface area contributed by atoms with Gasteiger partial charge < -0.3 is 9.32 Å². The number of carbonyl (C=O) groups excluding carboxylic acids is 1. The molecule has 4 heteroatoms. The summed E-state index contributed by atoms with van der Waals surface area (Å²) in [6, 6.07) is 7.80. The second-order valence-corrected chi connectivity index (χ2v) is 6.71. The molecule has 0 aliphatic carbocycles. The Morgan fingerprint density at radius 1 is 1.48 bits per heavy atom.